The van der Waals surface area contributed by atoms with Gasteiger partial charge >= 0.3 is 5.97 Å². The molecule has 0 spiro atoms. The van der Waals surface area contributed by atoms with E-state index in [1.165, 1.54) is 23.1 Å². The lowest BCUT2D eigenvalue weighted by atomic mass is 9.88. The highest BCUT2D eigenvalue weighted by atomic mass is 32.2. The zero-order chi connectivity index (χ0) is 22.5. The molecule has 3 aromatic rings. The Bertz CT molecular complexity index is 1090. The lowest BCUT2D eigenvalue weighted by Crippen LogP contribution is -2.17. The zero-order valence-electron chi connectivity index (χ0n) is 18.1. The summed E-state index contributed by atoms with van der Waals surface area (Å²) in [5.41, 5.74) is 2.62. The molecule has 0 aliphatic heterocycles. The van der Waals surface area contributed by atoms with E-state index >= 15 is 0 Å². The van der Waals surface area contributed by atoms with Gasteiger partial charge in [0, 0.05) is 4.88 Å². The van der Waals surface area contributed by atoms with Crippen molar-refractivity contribution in [3.8, 4) is 0 Å². The number of thioether (sulfide) groups is 1. The highest BCUT2D eigenvalue weighted by molar-refractivity contribution is 7.99. The molecule has 0 saturated carbocycles. The Balaban J connectivity index is 1.39. The van der Waals surface area contributed by atoms with Gasteiger partial charge in [-0.2, -0.15) is 0 Å². The van der Waals surface area contributed by atoms with Gasteiger partial charge in [0.2, 0.25) is 11.8 Å². The number of hydrogen-bond acceptors (Lipinski definition) is 8. The molecule has 0 fully saturated rings. The second-order valence-corrected chi connectivity index (χ2v) is 9.77. The molecule has 1 N–H and O–H groups in total. The average molecular weight is 472 g/mol. The highest BCUT2D eigenvalue weighted by Gasteiger charge is 2.29. The van der Waals surface area contributed by atoms with E-state index < -0.39 is 0 Å². The molecular weight excluding hydrogens is 446 g/mol. The van der Waals surface area contributed by atoms with E-state index in [9.17, 15) is 9.59 Å². The number of carbonyl (C=O) groups is 2. The van der Waals surface area contributed by atoms with Crippen LogP contribution in [0, 0.1) is 5.92 Å². The third kappa shape index (κ3) is 5.39. The predicted molar refractivity (Wildman–Crippen MR) is 124 cm³/mol. The first-order valence-electron chi connectivity index (χ1n) is 10.6. The van der Waals surface area contributed by atoms with Crippen LogP contribution in [0.5, 0.6) is 0 Å². The summed E-state index contributed by atoms with van der Waals surface area (Å²) in [6.45, 7) is 4.29. The Morgan fingerprint density at radius 2 is 2.09 bits per heavy atom. The number of nitrogens with zero attached hydrogens (tertiary/aromatic N) is 2. The number of esters is 1. The first kappa shape index (κ1) is 22.5. The van der Waals surface area contributed by atoms with Gasteiger partial charge in [0.05, 0.1) is 24.3 Å². The number of benzene rings is 1. The van der Waals surface area contributed by atoms with Gasteiger partial charge in [0.15, 0.2) is 0 Å². The first-order chi connectivity index (χ1) is 15.5. The quantitative estimate of drug-likeness (QED) is 0.374. The highest BCUT2D eigenvalue weighted by Crippen LogP contribution is 2.40. The van der Waals surface area contributed by atoms with Gasteiger partial charge in [-0.3, -0.25) is 4.79 Å². The fourth-order valence-electron chi connectivity index (χ4n) is 3.69. The summed E-state index contributed by atoms with van der Waals surface area (Å²) < 4.78 is 10.9. The van der Waals surface area contributed by atoms with Crippen molar-refractivity contribution in [1.29, 1.82) is 0 Å². The van der Waals surface area contributed by atoms with Crippen molar-refractivity contribution in [1.82, 2.24) is 10.2 Å². The van der Waals surface area contributed by atoms with E-state index in [4.69, 9.17) is 9.15 Å². The van der Waals surface area contributed by atoms with Gasteiger partial charge in [-0.15, -0.1) is 21.5 Å². The number of aromatic nitrogens is 2. The molecular formula is C23H25N3O4S2. The summed E-state index contributed by atoms with van der Waals surface area (Å²) in [7, 11) is 0. The maximum atomic E-state index is 12.6. The van der Waals surface area contributed by atoms with Gasteiger partial charge in [-0.1, -0.05) is 49.0 Å². The van der Waals surface area contributed by atoms with Gasteiger partial charge in [-0.05, 0) is 43.2 Å². The minimum absolute atomic E-state index is 0.105. The van der Waals surface area contributed by atoms with Crippen molar-refractivity contribution in [2.24, 2.45) is 5.92 Å². The summed E-state index contributed by atoms with van der Waals surface area (Å²) in [5.74, 6) is 0.579. The zero-order valence-corrected chi connectivity index (χ0v) is 19.7. The summed E-state index contributed by atoms with van der Waals surface area (Å²) in [5, 5.41) is 11.9. The SMILES string of the molecule is CCOC(=O)c1c(NC(=O)CSc2nnc(Cc3ccccc3)o2)sc2c1CCC(C)C2. The molecule has 0 bridgehead atoms. The first-order valence-corrected chi connectivity index (χ1v) is 12.4. The summed E-state index contributed by atoms with van der Waals surface area (Å²) in [4.78, 5) is 26.4. The molecule has 1 aromatic carbocycles. The largest absolute Gasteiger partial charge is 0.462 e. The number of carbonyl (C=O) groups excluding carboxylic acids is 2. The van der Waals surface area contributed by atoms with Crippen LogP contribution in [0.15, 0.2) is 40.0 Å². The Morgan fingerprint density at radius 1 is 1.28 bits per heavy atom. The van der Waals surface area contributed by atoms with E-state index in [2.05, 4.69) is 22.4 Å². The standard InChI is InChI=1S/C23H25N3O4S2/c1-3-29-22(28)20-16-10-9-14(2)11-17(16)32-21(20)24-18(27)13-31-23-26-25-19(30-23)12-15-7-5-4-6-8-15/h4-8,14H,3,9-13H2,1-2H3,(H,24,27). The van der Waals surface area contributed by atoms with E-state index in [1.807, 2.05) is 30.3 Å². The van der Waals surface area contributed by atoms with Crippen LogP contribution in [-0.2, 0) is 28.8 Å². The van der Waals surface area contributed by atoms with E-state index in [-0.39, 0.29) is 17.6 Å². The monoisotopic (exact) mass is 471 g/mol. The van der Waals surface area contributed by atoms with Crippen LogP contribution >= 0.6 is 23.1 Å². The molecule has 0 radical (unpaired) electrons. The van der Waals surface area contributed by atoms with E-state index in [1.54, 1.807) is 6.92 Å². The summed E-state index contributed by atoms with van der Waals surface area (Å²) >= 11 is 2.66. The van der Waals surface area contributed by atoms with Crippen LogP contribution in [0.1, 0.15) is 52.5 Å². The Morgan fingerprint density at radius 3 is 2.88 bits per heavy atom. The molecule has 7 nitrogen and oxygen atoms in total. The minimum atomic E-state index is -0.370. The van der Waals surface area contributed by atoms with Crippen LogP contribution in [0.4, 0.5) is 5.00 Å². The van der Waals surface area contributed by atoms with Gasteiger partial charge in [-0.25, -0.2) is 4.79 Å². The second-order valence-electron chi connectivity index (χ2n) is 7.74. The summed E-state index contributed by atoms with van der Waals surface area (Å²) in [6, 6.07) is 9.85. The second kappa shape index (κ2) is 10.3. The molecule has 2 aromatic heterocycles. The number of fused-ring (bicyclic) bond motifs is 1. The van der Waals surface area contributed by atoms with Crippen molar-refractivity contribution in [3.05, 3.63) is 57.8 Å². The number of rotatable bonds is 8. The molecule has 1 amide bonds. The van der Waals surface area contributed by atoms with Crippen LogP contribution in [0.3, 0.4) is 0 Å². The normalized spacial score (nSPS) is 15.2. The van der Waals surface area contributed by atoms with Gasteiger partial charge in [0.1, 0.15) is 5.00 Å². The van der Waals surface area contributed by atoms with E-state index in [0.717, 1.165) is 35.3 Å². The molecule has 168 valence electrons. The third-order valence-corrected chi connectivity index (χ3v) is 7.21. The number of nitrogens with one attached hydrogen (secondary N) is 1. The lowest BCUT2D eigenvalue weighted by Gasteiger charge is -2.18. The average Bonchev–Trinajstić information content (AvgIpc) is 3.36. The molecule has 32 heavy (non-hydrogen) atoms. The van der Waals surface area contributed by atoms with Crippen LogP contribution in [-0.4, -0.2) is 34.4 Å². The number of hydrogen-bond donors (Lipinski definition) is 1. The fraction of sp³-hybridized carbons (Fsp3) is 0.391. The number of anilines is 1. The fourth-order valence-corrected chi connectivity index (χ4v) is 5.68. The molecule has 2 heterocycles. The Labute approximate surface area is 195 Å². The molecule has 9 heteroatoms. The van der Waals surface area contributed by atoms with Crippen molar-refractivity contribution < 1.29 is 18.7 Å². The van der Waals surface area contributed by atoms with E-state index in [0.29, 0.717) is 40.6 Å². The number of amides is 1. The Hall–Kier alpha value is -2.65. The van der Waals surface area contributed by atoms with Crippen LogP contribution < -0.4 is 5.32 Å². The van der Waals surface area contributed by atoms with Gasteiger partial charge in [0.25, 0.3) is 5.22 Å². The van der Waals surface area contributed by atoms with Crippen molar-refractivity contribution in [3.63, 3.8) is 0 Å². The maximum Gasteiger partial charge on any atom is 0.341 e. The van der Waals surface area contributed by atoms with Crippen molar-refractivity contribution in [2.45, 2.75) is 44.8 Å². The number of thiophene rings is 1. The number of ether oxygens (including phenoxy) is 1. The maximum absolute atomic E-state index is 12.6. The van der Waals surface area contributed by atoms with Gasteiger partial charge < -0.3 is 14.5 Å². The summed E-state index contributed by atoms with van der Waals surface area (Å²) in [6.07, 6.45) is 3.33. The predicted octanol–water partition coefficient (Wildman–Crippen LogP) is 4.75. The third-order valence-electron chi connectivity index (χ3n) is 5.22. The molecule has 1 unspecified atom stereocenters. The molecule has 0 saturated heterocycles. The smallest absolute Gasteiger partial charge is 0.341 e. The lowest BCUT2D eigenvalue weighted by molar-refractivity contribution is -0.113. The van der Waals surface area contributed by atoms with Crippen LogP contribution in [0.25, 0.3) is 0 Å². The topological polar surface area (TPSA) is 94.3 Å². The molecule has 1 aliphatic carbocycles. The molecule has 1 aliphatic rings. The minimum Gasteiger partial charge on any atom is -0.462 e. The molecule has 4 rings (SSSR count). The molecule has 1 atom stereocenters. The Kier molecular flexibility index (Phi) is 7.26. The van der Waals surface area contributed by atoms with Crippen LogP contribution in [0.2, 0.25) is 0 Å². The van der Waals surface area contributed by atoms with Crippen molar-refractivity contribution >= 4 is 40.0 Å². The van der Waals surface area contributed by atoms with Crippen molar-refractivity contribution in [2.75, 3.05) is 17.7 Å².